The van der Waals surface area contributed by atoms with E-state index in [1.165, 1.54) is 0 Å². The van der Waals surface area contributed by atoms with Crippen molar-refractivity contribution < 1.29 is 14.3 Å². The molecule has 1 aliphatic heterocycles. The number of hydrogen-bond donors (Lipinski definition) is 1. The number of carbonyl (C=O) groups is 1. The molecule has 15 heavy (non-hydrogen) atoms. The normalized spacial score (nSPS) is 27.5. The van der Waals surface area contributed by atoms with Gasteiger partial charge in [-0.2, -0.15) is 0 Å². The van der Waals surface area contributed by atoms with Crippen LogP contribution in [0.5, 0.6) is 0 Å². The van der Waals surface area contributed by atoms with Crippen LogP contribution in [0.1, 0.15) is 33.6 Å². The molecule has 1 aliphatic rings. The molecular formula is C11H21NO3. The molecule has 0 aliphatic carbocycles. The standard InChI is InChI=1S/C11H21NO3/c1-8-7-9(5-6-15-8)12-10(13)11(2,3)14-4/h8-9H,5-7H2,1-4H3,(H,12,13). The minimum absolute atomic E-state index is 0.0518. The van der Waals surface area contributed by atoms with E-state index in [1.807, 2.05) is 6.92 Å². The number of rotatable bonds is 3. The fourth-order valence-corrected chi connectivity index (χ4v) is 1.58. The Hall–Kier alpha value is -0.610. The molecular weight excluding hydrogens is 194 g/mol. The quantitative estimate of drug-likeness (QED) is 0.766. The van der Waals surface area contributed by atoms with Crippen molar-refractivity contribution in [3.63, 3.8) is 0 Å². The van der Waals surface area contributed by atoms with E-state index in [0.29, 0.717) is 0 Å². The summed E-state index contributed by atoms with van der Waals surface area (Å²) in [4.78, 5) is 11.8. The molecule has 1 N–H and O–H groups in total. The molecule has 2 unspecified atom stereocenters. The van der Waals surface area contributed by atoms with E-state index in [2.05, 4.69) is 5.32 Å². The highest BCUT2D eigenvalue weighted by atomic mass is 16.5. The van der Waals surface area contributed by atoms with Gasteiger partial charge in [-0.25, -0.2) is 0 Å². The molecule has 1 fully saturated rings. The molecule has 1 amide bonds. The minimum Gasteiger partial charge on any atom is -0.378 e. The van der Waals surface area contributed by atoms with Gasteiger partial charge in [-0.3, -0.25) is 4.79 Å². The van der Waals surface area contributed by atoms with Gasteiger partial charge >= 0.3 is 0 Å². The molecule has 0 spiro atoms. The fourth-order valence-electron chi connectivity index (χ4n) is 1.58. The Labute approximate surface area is 91.3 Å². The third-order valence-electron chi connectivity index (χ3n) is 2.88. The van der Waals surface area contributed by atoms with Crippen molar-refractivity contribution in [2.24, 2.45) is 0 Å². The van der Waals surface area contributed by atoms with Crippen molar-refractivity contribution in [2.75, 3.05) is 13.7 Å². The van der Waals surface area contributed by atoms with Crippen molar-refractivity contribution in [3.05, 3.63) is 0 Å². The van der Waals surface area contributed by atoms with Gasteiger partial charge in [0.2, 0.25) is 0 Å². The van der Waals surface area contributed by atoms with Gasteiger partial charge < -0.3 is 14.8 Å². The second-order valence-corrected chi connectivity index (χ2v) is 4.59. The largest absolute Gasteiger partial charge is 0.378 e. The zero-order valence-electron chi connectivity index (χ0n) is 10.0. The topological polar surface area (TPSA) is 47.6 Å². The maximum Gasteiger partial charge on any atom is 0.251 e. The van der Waals surface area contributed by atoms with Crippen LogP contribution in [0, 0.1) is 0 Å². The zero-order chi connectivity index (χ0) is 11.5. The first kappa shape index (κ1) is 12.5. The molecule has 4 nitrogen and oxygen atoms in total. The summed E-state index contributed by atoms with van der Waals surface area (Å²) in [5, 5.41) is 3.00. The second kappa shape index (κ2) is 4.94. The predicted molar refractivity (Wildman–Crippen MR) is 57.7 cm³/mol. The van der Waals surface area contributed by atoms with Crippen molar-refractivity contribution in [3.8, 4) is 0 Å². The summed E-state index contributed by atoms with van der Waals surface area (Å²) in [6.45, 7) is 6.29. The lowest BCUT2D eigenvalue weighted by molar-refractivity contribution is -0.141. The smallest absolute Gasteiger partial charge is 0.251 e. The first-order chi connectivity index (χ1) is 6.95. The van der Waals surface area contributed by atoms with Gasteiger partial charge in [-0.05, 0) is 33.6 Å². The van der Waals surface area contributed by atoms with E-state index in [9.17, 15) is 4.79 Å². The van der Waals surface area contributed by atoms with Crippen LogP contribution in [0.25, 0.3) is 0 Å². The van der Waals surface area contributed by atoms with Gasteiger partial charge in [0.25, 0.3) is 5.91 Å². The third kappa shape index (κ3) is 3.47. The van der Waals surface area contributed by atoms with E-state index in [1.54, 1.807) is 21.0 Å². The van der Waals surface area contributed by atoms with E-state index in [-0.39, 0.29) is 18.1 Å². The summed E-state index contributed by atoms with van der Waals surface area (Å²) in [5.74, 6) is -0.0518. The third-order valence-corrected chi connectivity index (χ3v) is 2.88. The molecule has 1 saturated heterocycles. The van der Waals surface area contributed by atoms with E-state index in [4.69, 9.17) is 9.47 Å². The molecule has 0 aromatic rings. The number of hydrogen-bond acceptors (Lipinski definition) is 3. The Morgan fingerprint density at radius 3 is 2.73 bits per heavy atom. The van der Waals surface area contributed by atoms with Crippen LogP contribution in [0.2, 0.25) is 0 Å². The maximum atomic E-state index is 11.8. The zero-order valence-corrected chi connectivity index (χ0v) is 10.0. The Morgan fingerprint density at radius 2 is 2.20 bits per heavy atom. The minimum atomic E-state index is -0.748. The van der Waals surface area contributed by atoms with Crippen molar-refractivity contribution >= 4 is 5.91 Å². The van der Waals surface area contributed by atoms with Crippen LogP contribution in [0.15, 0.2) is 0 Å². The number of methoxy groups -OCH3 is 1. The van der Waals surface area contributed by atoms with Gasteiger partial charge in [0.05, 0.1) is 6.10 Å². The predicted octanol–water partition coefficient (Wildman–Crippen LogP) is 1.10. The van der Waals surface area contributed by atoms with Crippen LogP contribution in [-0.4, -0.2) is 37.4 Å². The van der Waals surface area contributed by atoms with Crippen LogP contribution in [0.3, 0.4) is 0 Å². The first-order valence-electron chi connectivity index (χ1n) is 5.43. The summed E-state index contributed by atoms with van der Waals surface area (Å²) in [5.41, 5.74) is -0.748. The summed E-state index contributed by atoms with van der Waals surface area (Å²) in [7, 11) is 1.55. The van der Waals surface area contributed by atoms with Gasteiger partial charge in [0, 0.05) is 19.8 Å². The first-order valence-corrected chi connectivity index (χ1v) is 5.43. The molecule has 0 bridgehead atoms. The Morgan fingerprint density at radius 1 is 1.53 bits per heavy atom. The highest BCUT2D eigenvalue weighted by molar-refractivity contribution is 5.84. The number of amides is 1. The van der Waals surface area contributed by atoms with E-state index in [0.717, 1.165) is 19.4 Å². The summed E-state index contributed by atoms with van der Waals surface area (Å²) in [6.07, 6.45) is 2.00. The summed E-state index contributed by atoms with van der Waals surface area (Å²) in [6, 6.07) is 0.218. The molecule has 1 heterocycles. The van der Waals surface area contributed by atoms with Crippen LogP contribution < -0.4 is 5.32 Å². The average molecular weight is 215 g/mol. The lowest BCUT2D eigenvalue weighted by Crippen LogP contribution is -2.50. The summed E-state index contributed by atoms with van der Waals surface area (Å²) >= 11 is 0. The lowest BCUT2D eigenvalue weighted by atomic mass is 10.0. The Kier molecular flexibility index (Phi) is 4.11. The van der Waals surface area contributed by atoms with Gasteiger partial charge in [-0.15, -0.1) is 0 Å². The average Bonchev–Trinajstić information content (AvgIpc) is 2.17. The fraction of sp³-hybridized carbons (Fsp3) is 0.909. The summed E-state index contributed by atoms with van der Waals surface area (Å²) < 4.78 is 10.5. The monoisotopic (exact) mass is 215 g/mol. The van der Waals surface area contributed by atoms with Crippen LogP contribution in [-0.2, 0) is 14.3 Å². The molecule has 0 radical (unpaired) electrons. The molecule has 0 aromatic heterocycles. The highest BCUT2D eigenvalue weighted by Gasteiger charge is 2.30. The molecule has 2 atom stereocenters. The van der Waals surface area contributed by atoms with Crippen molar-refractivity contribution in [2.45, 2.75) is 51.4 Å². The Balaban J connectivity index is 2.44. The van der Waals surface area contributed by atoms with E-state index < -0.39 is 5.60 Å². The van der Waals surface area contributed by atoms with Gasteiger partial charge in [0.15, 0.2) is 0 Å². The number of nitrogens with one attached hydrogen (secondary N) is 1. The van der Waals surface area contributed by atoms with Crippen molar-refractivity contribution in [1.82, 2.24) is 5.32 Å². The van der Waals surface area contributed by atoms with Crippen molar-refractivity contribution in [1.29, 1.82) is 0 Å². The van der Waals surface area contributed by atoms with Gasteiger partial charge in [0.1, 0.15) is 5.60 Å². The SMILES string of the molecule is COC(C)(C)C(=O)NC1CCOC(C)C1. The number of carbonyl (C=O) groups excluding carboxylic acids is 1. The van der Waals surface area contributed by atoms with Crippen LogP contribution in [0.4, 0.5) is 0 Å². The highest BCUT2D eigenvalue weighted by Crippen LogP contribution is 2.15. The molecule has 0 aromatic carbocycles. The number of ether oxygens (including phenoxy) is 2. The molecule has 1 rings (SSSR count). The maximum absolute atomic E-state index is 11.8. The van der Waals surface area contributed by atoms with E-state index >= 15 is 0 Å². The Bertz CT molecular complexity index is 228. The molecule has 4 heteroatoms. The molecule has 0 saturated carbocycles. The lowest BCUT2D eigenvalue weighted by Gasteiger charge is -2.31. The second-order valence-electron chi connectivity index (χ2n) is 4.59. The van der Waals surface area contributed by atoms with Crippen LogP contribution >= 0.6 is 0 Å². The van der Waals surface area contributed by atoms with Gasteiger partial charge in [-0.1, -0.05) is 0 Å². The molecule has 88 valence electrons.